The maximum atomic E-state index is 13.1. The summed E-state index contributed by atoms with van der Waals surface area (Å²) in [5.74, 6) is -0.378. The van der Waals surface area contributed by atoms with Gasteiger partial charge in [0.25, 0.3) is 0 Å². The quantitative estimate of drug-likeness (QED) is 0.856. The number of methoxy groups -OCH3 is 1. The zero-order chi connectivity index (χ0) is 17.5. The summed E-state index contributed by atoms with van der Waals surface area (Å²) >= 11 is 11.9. The molecule has 0 spiro atoms. The highest BCUT2D eigenvalue weighted by Crippen LogP contribution is 2.56. The van der Waals surface area contributed by atoms with Crippen LogP contribution in [0.4, 0.5) is 0 Å². The summed E-state index contributed by atoms with van der Waals surface area (Å²) in [4.78, 5) is 0.201. The number of sulfone groups is 1. The van der Waals surface area contributed by atoms with Crippen molar-refractivity contribution in [1.82, 2.24) is 0 Å². The fourth-order valence-corrected chi connectivity index (χ4v) is 5.88. The maximum absolute atomic E-state index is 13.1. The molecule has 7 heteroatoms. The summed E-state index contributed by atoms with van der Waals surface area (Å²) in [5.41, 5.74) is 6.22. The Kier molecular flexibility index (Phi) is 4.66. The molecule has 2 aromatic rings. The van der Waals surface area contributed by atoms with Crippen LogP contribution in [0.5, 0.6) is 0 Å². The second-order valence-electron chi connectivity index (χ2n) is 6.00. The summed E-state index contributed by atoms with van der Waals surface area (Å²) in [7, 11) is -2.12. The van der Waals surface area contributed by atoms with Crippen molar-refractivity contribution in [3.8, 4) is 0 Å². The molecule has 24 heavy (non-hydrogen) atoms. The Balaban J connectivity index is 2.03. The van der Waals surface area contributed by atoms with Crippen LogP contribution in [0.15, 0.2) is 53.4 Å². The van der Waals surface area contributed by atoms with Gasteiger partial charge in [0.05, 0.1) is 22.3 Å². The third kappa shape index (κ3) is 2.95. The number of hydrogen-bond donors (Lipinski definition) is 1. The molecule has 0 bridgehead atoms. The second-order valence-corrected chi connectivity index (χ2v) is 8.94. The summed E-state index contributed by atoms with van der Waals surface area (Å²) in [6.45, 7) is 0.141. The van der Waals surface area contributed by atoms with E-state index < -0.39 is 20.6 Å². The van der Waals surface area contributed by atoms with Gasteiger partial charge in [-0.3, -0.25) is 0 Å². The van der Waals surface area contributed by atoms with Crippen LogP contribution in [0.25, 0.3) is 0 Å². The van der Waals surface area contributed by atoms with E-state index in [4.69, 9.17) is 33.7 Å². The van der Waals surface area contributed by atoms with Gasteiger partial charge in [0.1, 0.15) is 0 Å². The number of hydrogen-bond acceptors (Lipinski definition) is 4. The molecule has 0 aromatic heterocycles. The Hall–Kier alpha value is -1.11. The van der Waals surface area contributed by atoms with Crippen LogP contribution in [0, 0.1) is 0 Å². The monoisotopic (exact) mass is 385 g/mol. The van der Waals surface area contributed by atoms with Gasteiger partial charge in [-0.2, -0.15) is 0 Å². The van der Waals surface area contributed by atoms with Crippen LogP contribution in [0.2, 0.25) is 10.0 Å². The predicted octanol–water partition coefficient (Wildman–Crippen LogP) is 3.28. The van der Waals surface area contributed by atoms with Crippen molar-refractivity contribution in [3.05, 3.63) is 64.1 Å². The van der Waals surface area contributed by atoms with Gasteiger partial charge < -0.3 is 10.5 Å². The van der Waals surface area contributed by atoms with Crippen molar-refractivity contribution in [3.63, 3.8) is 0 Å². The average molecular weight is 386 g/mol. The topological polar surface area (TPSA) is 69.4 Å². The van der Waals surface area contributed by atoms with Gasteiger partial charge in [0, 0.05) is 23.1 Å². The van der Waals surface area contributed by atoms with E-state index in [2.05, 4.69) is 0 Å². The van der Waals surface area contributed by atoms with Crippen molar-refractivity contribution in [2.45, 2.75) is 21.6 Å². The van der Waals surface area contributed by atoms with E-state index in [-0.39, 0.29) is 17.4 Å². The number of ether oxygens (including phenoxy) is 1. The SMILES string of the molecule is COC[C@]1(N)[C@@H](c2cccc(Cl)c2)[C@@H]1S(=O)(=O)c1ccc(Cl)cc1. The fraction of sp³-hybridized carbons (Fsp3) is 0.294. The first-order chi connectivity index (χ1) is 11.3. The number of nitrogens with two attached hydrogens (primary N) is 1. The van der Waals surface area contributed by atoms with E-state index in [1.54, 1.807) is 30.3 Å². The molecule has 0 saturated heterocycles. The Labute approximate surface area is 151 Å². The van der Waals surface area contributed by atoms with Gasteiger partial charge in [0.2, 0.25) is 0 Å². The lowest BCUT2D eigenvalue weighted by atomic mass is 10.1. The molecule has 0 amide bonds. The van der Waals surface area contributed by atoms with Crippen molar-refractivity contribution in [2.75, 3.05) is 13.7 Å². The third-order valence-electron chi connectivity index (χ3n) is 4.38. The normalized spacial score (nSPS) is 26.3. The van der Waals surface area contributed by atoms with E-state index in [9.17, 15) is 8.42 Å². The summed E-state index contributed by atoms with van der Waals surface area (Å²) in [6.07, 6.45) is 0. The molecule has 1 fully saturated rings. The summed E-state index contributed by atoms with van der Waals surface area (Å²) < 4.78 is 31.3. The molecule has 1 aliphatic carbocycles. The van der Waals surface area contributed by atoms with Gasteiger partial charge in [0.15, 0.2) is 9.84 Å². The van der Waals surface area contributed by atoms with Gasteiger partial charge in [-0.1, -0.05) is 35.3 Å². The largest absolute Gasteiger partial charge is 0.383 e. The Bertz CT molecular complexity index is 854. The van der Waals surface area contributed by atoms with Crippen molar-refractivity contribution in [2.24, 2.45) is 5.73 Å². The minimum atomic E-state index is -3.63. The first-order valence-corrected chi connectivity index (χ1v) is 9.63. The molecule has 2 aromatic carbocycles. The molecule has 4 nitrogen and oxygen atoms in total. The van der Waals surface area contributed by atoms with Crippen LogP contribution < -0.4 is 5.73 Å². The molecule has 0 radical (unpaired) electrons. The van der Waals surface area contributed by atoms with Gasteiger partial charge in [-0.05, 0) is 42.0 Å². The second kappa shape index (κ2) is 6.32. The van der Waals surface area contributed by atoms with Crippen LogP contribution in [-0.2, 0) is 14.6 Å². The first-order valence-electron chi connectivity index (χ1n) is 7.33. The van der Waals surface area contributed by atoms with E-state index in [1.165, 1.54) is 19.2 Å². The molecule has 3 rings (SSSR count). The highest BCUT2D eigenvalue weighted by molar-refractivity contribution is 7.92. The Morgan fingerprint density at radius 2 is 1.79 bits per heavy atom. The van der Waals surface area contributed by atoms with Crippen LogP contribution in [0.1, 0.15) is 11.5 Å². The fourth-order valence-electron chi connectivity index (χ4n) is 3.27. The highest BCUT2D eigenvalue weighted by atomic mass is 35.5. The molecule has 2 N–H and O–H groups in total. The molecule has 128 valence electrons. The lowest BCUT2D eigenvalue weighted by Crippen LogP contribution is -2.35. The molecular weight excluding hydrogens is 369 g/mol. The van der Waals surface area contributed by atoms with E-state index >= 15 is 0 Å². The summed E-state index contributed by atoms with van der Waals surface area (Å²) in [5, 5.41) is 0.249. The molecule has 1 saturated carbocycles. The standard InChI is InChI=1S/C17H17Cl2NO3S/c1-23-10-17(20)15(11-3-2-4-13(19)9-11)16(17)24(21,22)14-7-5-12(18)6-8-14/h2-9,15-16H,10,20H2,1H3/t15-,16-,17-/m0/s1. The van der Waals surface area contributed by atoms with Gasteiger partial charge in [-0.25, -0.2) is 8.42 Å². The average Bonchev–Trinajstić information content (AvgIpc) is 3.14. The maximum Gasteiger partial charge on any atom is 0.183 e. The number of rotatable bonds is 5. The molecular formula is C17H17Cl2NO3S. The smallest absolute Gasteiger partial charge is 0.183 e. The van der Waals surface area contributed by atoms with Gasteiger partial charge in [-0.15, -0.1) is 0 Å². The van der Waals surface area contributed by atoms with Crippen molar-refractivity contribution < 1.29 is 13.2 Å². The Morgan fingerprint density at radius 3 is 2.38 bits per heavy atom. The molecule has 0 unspecified atom stereocenters. The first kappa shape index (κ1) is 17.7. The Morgan fingerprint density at radius 1 is 1.12 bits per heavy atom. The van der Waals surface area contributed by atoms with Crippen LogP contribution in [-0.4, -0.2) is 32.9 Å². The van der Waals surface area contributed by atoms with E-state index in [0.29, 0.717) is 10.0 Å². The van der Waals surface area contributed by atoms with Gasteiger partial charge >= 0.3 is 0 Å². The third-order valence-corrected chi connectivity index (χ3v) is 7.18. The minimum absolute atomic E-state index is 0.141. The lowest BCUT2D eigenvalue weighted by molar-refractivity contribution is 0.171. The van der Waals surface area contributed by atoms with Crippen molar-refractivity contribution >= 4 is 33.0 Å². The predicted molar refractivity (Wildman–Crippen MR) is 95.4 cm³/mol. The minimum Gasteiger partial charge on any atom is -0.383 e. The summed E-state index contributed by atoms with van der Waals surface area (Å²) in [6, 6.07) is 13.2. The molecule has 0 aliphatic heterocycles. The number of benzene rings is 2. The zero-order valence-corrected chi connectivity index (χ0v) is 15.3. The van der Waals surface area contributed by atoms with Crippen LogP contribution in [0.3, 0.4) is 0 Å². The van der Waals surface area contributed by atoms with Crippen molar-refractivity contribution in [1.29, 1.82) is 0 Å². The number of halogens is 2. The molecule has 0 heterocycles. The molecule has 1 aliphatic rings. The van der Waals surface area contributed by atoms with E-state index in [1.807, 2.05) is 6.07 Å². The van der Waals surface area contributed by atoms with E-state index in [0.717, 1.165) is 5.56 Å². The zero-order valence-electron chi connectivity index (χ0n) is 12.9. The molecule has 3 atom stereocenters. The highest BCUT2D eigenvalue weighted by Gasteiger charge is 2.69. The lowest BCUT2D eigenvalue weighted by Gasteiger charge is -2.11. The van der Waals surface area contributed by atoms with Crippen LogP contribution >= 0.6 is 23.2 Å².